The lowest BCUT2D eigenvalue weighted by molar-refractivity contribution is -0.175. The van der Waals surface area contributed by atoms with Crippen LogP contribution in [0, 0.1) is 46.3 Å². The number of hydrogen-bond acceptors (Lipinski definition) is 5. The van der Waals surface area contributed by atoms with Gasteiger partial charge in [-0.25, -0.2) is 4.79 Å². The van der Waals surface area contributed by atoms with Gasteiger partial charge in [-0.1, -0.05) is 39.0 Å². The number of fused-ring (bicyclic) bond motifs is 5. The molecule has 1 aromatic carbocycles. The number of aliphatic hydroxyl groups is 1. The van der Waals surface area contributed by atoms with Gasteiger partial charge in [-0.3, -0.25) is 4.79 Å². The van der Waals surface area contributed by atoms with Crippen LogP contribution in [0.4, 0.5) is 0 Å². The molecule has 0 heterocycles. The number of benzene rings is 1. The monoisotopic (exact) mass is 510 g/mol. The van der Waals surface area contributed by atoms with Crippen molar-refractivity contribution < 1.29 is 24.2 Å². The maximum absolute atomic E-state index is 12.7. The molecule has 4 aliphatic rings. The maximum atomic E-state index is 12.7. The molecule has 0 amide bonds. The van der Waals surface area contributed by atoms with E-state index in [9.17, 15) is 14.7 Å². The molecule has 10 atom stereocenters. The van der Waals surface area contributed by atoms with Crippen molar-refractivity contribution in [1.82, 2.24) is 0 Å². The summed E-state index contributed by atoms with van der Waals surface area (Å²) < 4.78 is 10.9. The third-order valence-corrected chi connectivity index (χ3v) is 11.8. The minimum absolute atomic E-state index is 0.00682. The molecule has 5 heteroatoms. The second-order valence-electron chi connectivity index (χ2n) is 13.2. The molecule has 4 saturated carbocycles. The Morgan fingerprint density at radius 2 is 1.78 bits per heavy atom. The fourth-order valence-corrected chi connectivity index (χ4v) is 9.69. The van der Waals surface area contributed by atoms with Crippen LogP contribution in [-0.2, 0) is 14.3 Å². The van der Waals surface area contributed by atoms with E-state index in [-0.39, 0.29) is 35.0 Å². The van der Waals surface area contributed by atoms with Crippen LogP contribution in [0.25, 0.3) is 0 Å². The number of hydrogen-bond donors (Lipinski definition) is 1. The van der Waals surface area contributed by atoms with Crippen molar-refractivity contribution in [2.24, 2.45) is 46.3 Å². The van der Waals surface area contributed by atoms with Crippen LogP contribution in [0.1, 0.15) is 95.3 Å². The molecule has 37 heavy (non-hydrogen) atoms. The second-order valence-corrected chi connectivity index (χ2v) is 13.2. The van der Waals surface area contributed by atoms with Crippen LogP contribution in [0.5, 0.6) is 0 Å². The summed E-state index contributed by atoms with van der Waals surface area (Å²) in [5, 5.41) is 11.8. The van der Waals surface area contributed by atoms with Gasteiger partial charge in [0, 0.05) is 6.42 Å². The van der Waals surface area contributed by atoms with Crippen LogP contribution < -0.4 is 0 Å². The molecule has 5 rings (SSSR count). The van der Waals surface area contributed by atoms with Crippen LogP contribution in [0.3, 0.4) is 0 Å². The molecule has 5 nitrogen and oxygen atoms in total. The molecule has 0 aromatic heterocycles. The molecular formula is C32H46O5. The lowest BCUT2D eigenvalue weighted by Gasteiger charge is -2.62. The minimum atomic E-state index is -0.295. The van der Waals surface area contributed by atoms with Crippen molar-refractivity contribution in [2.75, 3.05) is 7.11 Å². The highest BCUT2D eigenvalue weighted by molar-refractivity contribution is 5.89. The highest BCUT2D eigenvalue weighted by Gasteiger charge is 2.63. The molecule has 0 spiro atoms. The van der Waals surface area contributed by atoms with E-state index in [4.69, 9.17) is 9.47 Å². The van der Waals surface area contributed by atoms with E-state index in [2.05, 4.69) is 20.8 Å². The Balaban J connectivity index is 1.27. The van der Waals surface area contributed by atoms with E-state index < -0.39 is 0 Å². The first-order valence-electron chi connectivity index (χ1n) is 14.7. The summed E-state index contributed by atoms with van der Waals surface area (Å²) in [6.07, 6.45) is 9.59. The van der Waals surface area contributed by atoms with Gasteiger partial charge in [0.25, 0.3) is 0 Å². The quantitative estimate of drug-likeness (QED) is 0.447. The van der Waals surface area contributed by atoms with Crippen molar-refractivity contribution in [3.8, 4) is 0 Å². The summed E-state index contributed by atoms with van der Waals surface area (Å²) in [6.45, 7) is 7.11. The number of aliphatic hydroxyl groups excluding tert-OH is 1. The van der Waals surface area contributed by atoms with Crippen molar-refractivity contribution in [3.05, 3.63) is 35.9 Å². The van der Waals surface area contributed by atoms with E-state index in [0.29, 0.717) is 47.5 Å². The first-order chi connectivity index (χ1) is 17.7. The molecule has 0 saturated heterocycles. The van der Waals surface area contributed by atoms with Gasteiger partial charge in [0.1, 0.15) is 6.10 Å². The van der Waals surface area contributed by atoms with Gasteiger partial charge in [0.2, 0.25) is 0 Å². The molecule has 0 bridgehead atoms. The predicted molar refractivity (Wildman–Crippen MR) is 143 cm³/mol. The summed E-state index contributed by atoms with van der Waals surface area (Å²) in [7, 11) is 1.46. The molecule has 5 unspecified atom stereocenters. The number of carbonyl (C=O) groups excluding carboxylic acids is 2. The Morgan fingerprint density at radius 1 is 1.03 bits per heavy atom. The molecule has 1 aromatic rings. The Kier molecular flexibility index (Phi) is 7.48. The number of rotatable bonds is 6. The first-order valence-corrected chi connectivity index (χ1v) is 14.7. The molecule has 4 fully saturated rings. The zero-order valence-corrected chi connectivity index (χ0v) is 23.2. The average molecular weight is 511 g/mol. The lowest BCUT2D eigenvalue weighted by atomic mass is 9.43. The van der Waals surface area contributed by atoms with Gasteiger partial charge >= 0.3 is 11.9 Å². The molecular weight excluding hydrogens is 464 g/mol. The highest BCUT2D eigenvalue weighted by Crippen LogP contribution is 2.68. The van der Waals surface area contributed by atoms with E-state index >= 15 is 0 Å². The Bertz CT molecular complexity index is 977. The Morgan fingerprint density at radius 3 is 2.51 bits per heavy atom. The summed E-state index contributed by atoms with van der Waals surface area (Å²) in [4.78, 5) is 24.5. The highest BCUT2D eigenvalue weighted by atomic mass is 16.5. The van der Waals surface area contributed by atoms with Gasteiger partial charge in [-0.15, -0.1) is 0 Å². The van der Waals surface area contributed by atoms with Crippen molar-refractivity contribution in [2.45, 2.75) is 97.2 Å². The molecule has 204 valence electrons. The smallest absolute Gasteiger partial charge is 0.338 e. The summed E-state index contributed by atoms with van der Waals surface area (Å²) in [5.41, 5.74) is 0.767. The zero-order valence-electron chi connectivity index (χ0n) is 23.2. The standard InChI is InChI=1S/C32H46O5/c1-20(10-15-29(34)36-4)25-13-14-26-24-12-11-22-18-23(37-30(35)21-8-6-5-7-9-21)16-17-31(22,2)27(24)19-28(33)32(25,26)3/h5-9,20,22-28,33H,10-19H2,1-4H3/t20?,22-,23-,24?,25?,26?,27?,28+,31+,32-/m0/s1. The molecule has 1 N–H and O–H groups in total. The van der Waals surface area contributed by atoms with E-state index in [1.165, 1.54) is 26.4 Å². The van der Waals surface area contributed by atoms with Crippen LogP contribution >= 0.6 is 0 Å². The van der Waals surface area contributed by atoms with Crippen LogP contribution in [0.15, 0.2) is 30.3 Å². The first kappa shape index (κ1) is 26.7. The van der Waals surface area contributed by atoms with E-state index in [1.807, 2.05) is 30.3 Å². The molecule has 4 aliphatic carbocycles. The van der Waals surface area contributed by atoms with Crippen LogP contribution in [0.2, 0.25) is 0 Å². The predicted octanol–water partition coefficient (Wildman–Crippen LogP) is 6.43. The van der Waals surface area contributed by atoms with Crippen molar-refractivity contribution in [1.29, 1.82) is 0 Å². The summed E-state index contributed by atoms with van der Waals surface area (Å²) in [6, 6.07) is 9.33. The van der Waals surface area contributed by atoms with E-state index in [1.54, 1.807) is 0 Å². The van der Waals surface area contributed by atoms with Gasteiger partial charge in [-0.05, 0) is 116 Å². The van der Waals surface area contributed by atoms with Crippen LogP contribution in [-0.4, -0.2) is 36.4 Å². The molecule has 0 radical (unpaired) electrons. The lowest BCUT2D eigenvalue weighted by Crippen LogP contribution is -2.59. The second kappa shape index (κ2) is 10.4. The maximum Gasteiger partial charge on any atom is 0.338 e. The van der Waals surface area contributed by atoms with Crippen molar-refractivity contribution in [3.63, 3.8) is 0 Å². The fourth-order valence-electron chi connectivity index (χ4n) is 9.69. The van der Waals surface area contributed by atoms with Gasteiger partial charge < -0.3 is 14.6 Å². The third-order valence-electron chi connectivity index (χ3n) is 11.8. The number of carbonyl (C=O) groups is 2. The van der Waals surface area contributed by atoms with Gasteiger partial charge in [-0.2, -0.15) is 0 Å². The minimum Gasteiger partial charge on any atom is -0.469 e. The largest absolute Gasteiger partial charge is 0.469 e. The summed E-state index contributed by atoms with van der Waals surface area (Å²) >= 11 is 0. The Labute approximate surface area is 222 Å². The topological polar surface area (TPSA) is 72.8 Å². The van der Waals surface area contributed by atoms with Crippen molar-refractivity contribution >= 4 is 11.9 Å². The fraction of sp³-hybridized carbons (Fsp3) is 0.750. The van der Waals surface area contributed by atoms with Gasteiger partial charge in [0.15, 0.2) is 0 Å². The Hall–Kier alpha value is -1.88. The SMILES string of the molecule is COC(=O)CCC(C)C1CCC2C3CC[C@H]4C[C@@H](OC(=O)c5ccccc5)CC[C@@]4(C)C3C[C@@H](O)[C@@]12C. The van der Waals surface area contributed by atoms with E-state index in [0.717, 1.165) is 38.5 Å². The van der Waals surface area contributed by atoms with Gasteiger partial charge in [0.05, 0.1) is 18.8 Å². The number of ether oxygens (including phenoxy) is 2. The molecule has 0 aliphatic heterocycles. The normalized spacial score (nSPS) is 41.6. The zero-order chi connectivity index (χ0) is 26.4. The average Bonchev–Trinajstić information content (AvgIpc) is 3.27. The number of esters is 2. The number of methoxy groups -OCH3 is 1. The summed E-state index contributed by atoms with van der Waals surface area (Å²) in [5.74, 6) is 2.82. The third kappa shape index (κ3) is 4.64.